The summed E-state index contributed by atoms with van der Waals surface area (Å²) in [5, 5.41) is 0.592. The Morgan fingerprint density at radius 3 is 2.73 bits per heavy atom. The van der Waals surface area contributed by atoms with Gasteiger partial charge in [-0.25, -0.2) is 9.78 Å². The number of carbonyl (C=O) groups is 1. The van der Waals surface area contributed by atoms with Gasteiger partial charge in [0, 0.05) is 19.0 Å². The van der Waals surface area contributed by atoms with Crippen molar-refractivity contribution in [3.63, 3.8) is 0 Å². The van der Waals surface area contributed by atoms with Crippen LogP contribution in [0.4, 0.5) is 0 Å². The van der Waals surface area contributed by atoms with Crippen LogP contribution in [0.2, 0.25) is 0 Å². The van der Waals surface area contributed by atoms with Crippen LogP contribution in [-0.2, 0) is 18.2 Å². The lowest BCUT2D eigenvalue weighted by Gasteiger charge is -2.08. The van der Waals surface area contributed by atoms with Crippen molar-refractivity contribution < 1.29 is 9.53 Å². The van der Waals surface area contributed by atoms with Crippen LogP contribution in [0.15, 0.2) is 46.5 Å². The van der Waals surface area contributed by atoms with Gasteiger partial charge in [0.1, 0.15) is 5.56 Å². The zero-order valence-electron chi connectivity index (χ0n) is 12.6. The Morgan fingerprint density at radius 2 is 2.05 bits per heavy atom. The molecule has 0 saturated heterocycles. The van der Waals surface area contributed by atoms with Crippen molar-refractivity contribution in [1.29, 1.82) is 0 Å². The minimum Gasteiger partial charge on any atom is -0.462 e. The standard InChI is InChI=1S/C16H18N2O3S/c1-3-21-15(20)13-11-17-16(18(2)14(13)19)22-10-9-12-7-5-4-6-8-12/h4-8,11H,3,9-10H2,1-2H3. The summed E-state index contributed by atoms with van der Waals surface area (Å²) in [5.74, 6) is 0.180. The lowest BCUT2D eigenvalue weighted by Crippen LogP contribution is -2.27. The van der Waals surface area contributed by atoms with E-state index in [4.69, 9.17) is 4.74 Å². The Hall–Kier alpha value is -2.08. The predicted molar refractivity (Wildman–Crippen MR) is 86.3 cm³/mol. The van der Waals surface area contributed by atoms with Crippen molar-refractivity contribution in [2.75, 3.05) is 12.4 Å². The number of esters is 1. The summed E-state index contributed by atoms with van der Waals surface area (Å²) in [7, 11) is 1.61. The third-order valence-electron chi connectivity index (χ3n) is 3.09. The van der Waals surface area contributed by atoms with Crippen LogP contribution >= 0.6 is 11.8 Å². The van der Waals surface area contributed by atoms with Crippen LogP contribution in [0.5, 0.6) is 0 Å². The molecule has 0 amide bonds. The van der Waals surface area contributed by atoms with Crippen LogP contribution in [0.1, 0.15) is 22.8 Å². The number of aromatic nitrogens is 2. The van der Waals surface area contributed by atoms with Crippen LogP contribution in [0, 0.1) is 0 Å². The fourth-order valence-corrected chi connectivity index (χ4v) is 2.84. The smallest absolute Gasteiger partial charge is 0.345 e. The molecular formula is C16H18N2O3S. The van der Waals surface area contributed by atoms with E-state index >= 15 is 0 Å². The van der Waals surface area contributed by atoms with E-state index < -0.39 is 5.97 Å². The molecule has 116 valence electrons. The molecule has 0 bridgehead atoms. The lowest BCUT2D eigenvalue weighted by molar-refractivity contribution is 0.0522. The van der Waals surface area contributed by atoms with Crippen LogP contribution in [0.25, 0.3) is 0 Å². The molecule has 0 aliphatic carbocycles. The highest BCUT2D eigenvalue weighted by molar-refractivity contribution is 7.99. The maximum atomic E-state index is 12.1. The molecule has 0 fully saturated rings. The SMILES string of the molecule is CCOC(=O)c1cnc(SCCc2ccccc2)n(C)c1=O. The Kier molecular flexibility index (Phi) is 5.77. The summed E-state index contributed by atoms with van der Waals surface area (Å²) >= 11 is 1.49. The normalized spacial score (nSPS) is 10.5. The molecule has 0 saturated carbocycles. The second-order valence-corrected chi connectivity index (χ2v) is 5.69. The first-order valence-corrected chi connectivity index (χ1v) is 8.02. The highest BCUT2D eigenvalue weighted by atomic mass is 32.2. The number of thioether (sulfide) groups is 1. The summed E-state index contributed by atoms with van der Waals surface area (Å²) in [6.45, 7) is 1.93. The van der Waals surface area contributed by atoms with Crippen LogP contribution in [-0.4, -0.2) is 27.9 Å². The zero-order chi connectivity index (χ0) is 15.9. The van der Waals surface area contributed by atoms with E-state index in [1.807, 2.05) is 18.2 Å². The molecule has 0 aliphatic rings. The van der Waals surface area contributed by atoms with E-state index in [-0.39, 0.29) is 17.7 Å². The number of hydrogen-bond acceptors (Lipinski definition) is 5. The molecule has 0 aliphatic heterocycles. The Balaban J connectivity index is 2.05. The van der Waals surface area contributed by atoms with Crippen LogP contribution in [0.3, 0.4) is 0 Å². The number of ether oxygens (including phenoxy) is 1. The number of nitrogens with zero attached hydrogens (tertiary/aromatic N) is 2. The Morgan fingerprint density at radius 1 is 1.32 bits per heavy atom. The van der Waals surface area contributed by atoms with Gasteiger partial charge in [0.25, 0.3) is 5.56 Å². The molecule has 2 rings (SSSR count). The van der Waals surface area contributed by atoms with Gasteiger partial charge in [-0.05, 0) is 18.9 Å². The lowest BCUT2D eigenvalue weighted by atomic mass is 10.2. The van der Waals surface area contributed by atoms with Crippen molar-refractivity contribution in [3.8, 4) is 0 Å². The first kappa shape index (κ1) is 16.3. The molecule has 0 N–H and O–H groups in total. The minimum atomic E-state index is -0.628. The highest BCUT2D eigenvalue weighted by Gasteiger charge is 2.15. The summed E-state index contributed by atoms with van der Waals surface area (Å²) in [4.78, 5) is 28.0. The van der Waals surface area contributed by atoms with Gasteiger partial charge >= 0.3 is 5.97 Å². The number of rotatable bonds is 6. The number of benzene rings is 1. The minimum absolute atomic E-state index is 0.0308. The topological polar surface area (TPSA) is 61.2 Å². The van der Waals surface area contributed by atoms with Crippen molar-refractivity contribution in [2.24, 2.45) is 7.05 Å². The predicted octanol–water partition coefficient (Wildman–Crippen LogP) is 2.29. The van der Waals surface area contributed by atoms with E-state index in [1.54, 1.807) is 14.0 Å². The van der Waals surface area contributed by atoms with E-state index in [9.17, 15) is 9.59 Å². The monoisotopic (exact) mass is 318 g/mol. The average Bonchev–Trinajstić information content (AvgIpc) is 2.53. The zero-order valence-corrected chi connectivity index (χ0v) is 13.4. The maximum Gasteiger partial charge on any atom is 0.345 e. The fraction of sp³-hybridized carbons (Fsp3) is 0.312. The molecule has 5 nitrogen and oxygen atoms in total. The van der Waals surface area contributed by atoms with Crippen molar-refractivity contribution in [1.82, 2.24) is 9.55 Å². The van der Waals surface area contributed by atoms with Gasteiger partial charge in [0.15, 0.2) is 5.16 Å². The van der Waals surface area contributed by atoms with E-state index in [2.05, 4.69) is 17.1 Å². The second-order valence-electron chi connectivity index (χ2n) is 4.62. The first-order chi connectivity index (χ1) is 10.6. The van der Waals surface area contributed by atoms with E-state index in [0.717, 1.165) is 12.2 Å². The second kappa shape index (κ2) is 7.79. The van der Waals surface area contributed by atoms with Gasteiger partial charge in [0.2, 0.25) is 0 Å². The molecule has 0 radical (unpaired) electrons. The van der Waals surface area contributed by atoms with Crippen molar-refractivity contribution >= 4 is 17.7 Å². The van der Waals surface area contributed by atoms with Gasteiger partial charge in [-0.15, -0.1) is 0 Å². The van der Waals surface area contributed by atoms with Gasteiger partial charge in [-0.1, -0.05) is 42.1 Å². The molecule has 2 aromatic rings. The summed E-state index contributed by atoms with van der Waals surface area (Å²) in [6, 6.07) is 10.1. The van der Waals surface area contributed by atoms with Gasteiger partial charge in [-0.3, -0.25) is 9.36 Å². The Labute approximate surface area is 133 Å². The van der Waals surface area contributed by atoms with Crippen LogP contribution < -0.4 is 5.56 Å². The fourth-order valence-electron chi connectivity index (χ4n) is 1.92. The molecule has 1 heterocycles. The van der Waals surface area contributed by atoms with Crippen molar-refractivity contribution in [2.45, 2.75) is 18.5 Å². The molecule has 0 spiro atoms. The largest absolute Gasteiger partial charge is 0.462 e. The quantitative estimate of drug-likeness (QED) is 0.464. The summed E-state index contributed by atoms with van der Waals surface area (Å²) in [5.41, 5.74) is 0.829. The average molecular weight is 318 g/mol. The van der Waals surface area contributed by atoms with E-state index in [0.29, 0.717) is 5.16 Å². The third-order valence-corrected chi connectivity index (χ3v) is 4.13. The van der Waals surface area contributed by atoms with Gasteiger partial charge in [0.05, 0.1) is 6.61 Å². The molecule has 1 aromatic heterocycles. The molecule has 22 heavy (non-hydrogen) atoms. The summed E-state index contributed by atoms with van der Waals surface area (Å²) < 4.78 is 6.23. The molecule has 0 unspecified atom stereocenters. The molecular weight excluding hydrogens is 300 g/mol. The van der Waals surface area contributed by atoms with Gasteiger partial charge < -0.3 is 4.74 Å². The van der Waals surface area contributed by atoms with E-state index in [1.165, 1.54) is 28.1 Å². The number of hydrogen-bond donors (Lipinski definition) is 0. The first-order valence-electron chi connectivity index (χ1n) is 7.03. The molecule has 1 aromatic carbocycles. The number of aryl methyl sites for hydroxylation is 1. The molecule has 0 atom stereocenters. The van der Waals surface area contributed by atoms with Gasteiger partial charge in [-0.2, -0.15) is 0 Å². The third kappa shape index (κ3) is 3.98. The van der Waals surface area contributed by atoms with Crippen molar-refractivity contribution in [3.05, 3.63) is 58.0 Å². The molecule has 6 heteroatoms. The summed E-state index contributed by atoms with van der Waals surface area (Å²) in [6.07, 6.45) is 2.19. The maximum absolute atomic E-state index is 12.1. The number of carbonyl (C=O) groups excluding carboxylic acids is 1. The Bertz CT molecular complexity index is 698. The highest BCUT2D eigenvalue weighted by Crippen LogP contribution is 2.15.